The number of hydrogen-bond acceptors (Lipinski definition) is 13. The number of carbonyl (C=O) groups excluding carboxylic acids is 5. The number of hydrogen-bond donors (Lipinski definition) is 2. The molecular formula is C38H39NO14. The Morgan fingerprint density at radius 2 is 1.23 bits per heavy atom. The molecule has 3 aromatic rings. The van der Waals surface area contributed by atoms with Crippen LogP contribution in [0.1, 0.15) is 50.3 Å². The van der Waals surface area contributed by atoms with Gasteiger partial charge in [0.15, 0.2) is 12.2 Å². The van der Waals surface area contributed by atoms with Crippen molar-refractivity contribution in [2.24, 2.45) is 0 Å². The minimum atomic E-state index is -1.46. The molecule has 5 rings (SSSR count). The van der Waals surface area contributed by atoms with Gasteiger partial charge < -0.3 is 43.6 Å². The summed E-state index contributed by atoms with van der Waals surface area (Å²) in [6.07, 6.45) is -7.86. The van der Waals surface area contributed by atoms with Gasteiger partial charge in [0.25, 0.3) is 0 Å². The Kier molecular flexibility index (Phi) is 12.3. The normalized spacial score (nSPS) is 20.8. The van der Waals surface area contributed by atoms with Gasteiger partial charge in [0.1, 0.15) is 31.1 Å². The lowest BCUT2D eigenvalue weighted by Crippen LogP contribution is -2.63. The molecule has 1 aliphatic heterocycles. The van der Waals surface area contributed by atoms with Crippen LogP contribution in [0.4, 0.5) is 4.79 Å². The van der Waals surface area contributed by atoms with Crippen LogP contribution in [0.5, 0.6) is 5.75 Å². The van der Waals surface area contributed by atoms with Gasteiger partial charge in [0.05, 0.1) is 0 Å². The van der Waals surface area contributed by atoms with Crippen LogP contribution in [0.15, 0.2) is 72.8 Å². The highest BCUT2D eigenvalue weighted by molar-refractivity contribution is 5.81. The fourth-order valence-electron chi connectivity index (χ4n) is 6.34. The maximum Gasteiger partial charge on any atom is 0.407 e. The number of rotatable bonds is 13. The van der Waals surface area contributed by atoms with Crippen LogP contribution < -0.4 is 10.1 Å². The number of carboxylic acid groups (broad SMARTS) is 1. The predicted molar refractivity (Wildman–Crippen MR) is 182 cm³/mol. The van der Waals surface area contributed by atoms with Gasteiger partial charge in [-0.05, 0) is 39.9 Å². The molecule has 0 bridgehead atoms. The van der Waals surface area contributed by atoms with Gasteiger partial charge in [-0.25, -0.2) is 9.59 Å². The Labute approximate surface area is 304 Å². The summed E-state index contributed by atoms with van der Waals surface area (Å²) in [7, 11) is 0. The fourth-order valence-corrected chi connectivity index (χ4v) is 6.34. The Morgan fingerprint density at radius 1 is 0.679 bits per heavy atom. The topological polar surface area (TPSA) is 199 Å². The number of esters is 4. The summed E-state index contributed by atoms with van der Waals surface area (Å²) in [5.74, 6) is -4.34. The number of carboxylic acids is 1. The van der Waals surface area contributed by atoms with E-state index in [1.807, 2.05) is 48.5 Å². The van der Waals surface area contributed by atoms with Gasteiger partial charge in [0, 0.05) is 40.0 Å². The van der Waals surface area contributed by atoms with E-state index >= 15 is 0 Å². The second-order valence-electron chi connectivity index (χ2n) is 12.4. The second kappa shape index (κ2) is 17.0. The lowest BCUT2D eigenvalue weighted by Gasteiger charge is -2.43. The van der Waals surface area contributed by atoms with Gasteiger partial charge in [-0.15, -0.1) is 0 Å². The third-order valence-corrected chi connectivity index (χ3v) is 8.50. The molecule has 1 saturated heterocycles. The highest BCUT2D eigenvalue weighted by atomic mass is 16.7. The maximum absolute atomic E-state index is 12.8. The van der Waals surface area contributed by atoms with E-state index in [1.165, 1.54) is 12.1 Å². The number of benzene rings is 3. The first-order valence-electron chi connectivity index (χ1n) is 16.7. The second-order valence-corrected chi connectivity index (χ2v) is 12.4. The van der Waals surface area contributed by atoms with Crippen molar-refractivity contribution in [3.8, 4) is 16.9 Å². The predicted octanol–water partition coefficient (Wildman–Crippen LogP) is 3.68. The summed E-state index contributed by atoms with van der Waals surface area (Å²) in [6, 6.07) is 20.4. The molecular weight excluding hydrogens is 694 g/mol. The molecule has 0 spiro atoms. The van der Waals surface area contributed by atoms with Crippen molar-refractivity contribution >= 4 is 35.9 Å². The van der Waals surface area contributed by atoms with Gasteiger partial charge in [-0.2, -0.15) is 0 Å². The molecule has 15 heteroatoms. The standard InChI is InChI=1S/C38H39NO14/c1-20(40)47-19-32-33(49-21(2)41)34(50-22(3)42)35(51-23(4)43)37(53-32)52-25-15-13-24(14-16-25)17-31(36(44)45)39-38(46)48-18-30-28-11-7-5-9-26(28)27-10-6-8-12-29(27)30/h5-16,30-35,37H,17-19H2,1-4H3,(H,39,46)(H,44,45)/t31-,32+,33+,34-,35-,37+/m0/s1. The average Bonchev–Trinajstić information content (AvgIpc) is 3.42. The Balaban J connectivity index is 1.26. The molecule has 15 nitrogen and oxygen atoms in total. The molecule has 1 amide bonds. The molecule has 6 atom stereocenters. The number of amides is 1. The van der Waals surface area contributed by atoms with E-state index in [2.05, 4.69) is 5.32 Å². The van der Waals surface area contributed by atoms with E-state index in [0.29, 0.717) is 5.56 Å². The molecule has 2 N–H and O–H groups in total. The van der Waals surface area contributed by atoms with E-state index in [1.54, 1.807) is 12.1 Å². The zero-order valence-electron chi connectivity index (χ0n) is 29.3. The molecule has 0 radical (unpaired) electrons. The Bertz CT molecular complexity index is 1800. The van der Waals surface area contributed by atoms with Gasteiger partial charge in [0.2, 0.25) is 12.4 Å². The monoisotopic (exact) mass is 733 g/mol. The number of carbonyl (C=O) groups is 6. The van der Waals surface area contributed by atoms with Crippen LogP contribution in [0.2, 0.25) is 0 Å². The summed E-state index contributed by atoms with van der Waals surface area (Å²) in [5.41, 5.74) is 4.65. The van der Waals surface area contributed by atoms with Gasteiger partial charge >= 0.3 is 35.9 Å². The van der Waals surface area contributed by atoms with Crippen LogP contribution >= 0.6 is 0 Å². The average molecular weight is 734 g/mol. The van der Waals surface area contributed by atoms with E-state index in [4.69, 9.17) is 33.2 Å². The van der Waals surface area contributed by atoms with Crippen molar-refractivity contribution in [2.45, 2.75) is 76.8 Å². The van der Waals surface area contributed by atoms with Crippen LogP contribution in [0.25, 0.3) is 11.1 Å². The highest BCUT2D eigenvalue weighted by Crippen LogP contribution is 2.44. The van der Waals surface area contributed by atoms with Crippen molar-refractivity contribution < 1.29 is 67.0 Å². The van der Waals surface area contributed by atoms with Gasteiger partial charge in [-0.3, -0.25) is 19.2 Å². The highest BCUT2D eigenvalue weighted by Gasteiger charge is 2.53. The van der Waals surface area contributed by atoms with E-state index < -0.39 is 79.3 Å². The quantitative estimate of drug-likeness (QED) is 0.190. The third kappa shape index (κ3) is 9.68. The van der Waals surface area contributed by atoms with Crippen molar-refractivity contribution in [1.82, 2.24) is 5.32 Å². The minimum absolute atomic E-state index is 0.0114. The number of ether oxygens (including phenoxy) is 7. The summed E-state index contributed by atoms with van der Waals surface area (Å²) in [5, 5.41) is 12.3. The number of fused-ring (bicyclic) bond motifs is 3. The summed E-state index contributed by atoms with van der Waals surface area (Å²) in [6.45, 7) is 4.07. The van der Waals surface area contributed by atoms with Crippen molar-refractivity contribution in [3.05, 3.63) is 89.5 Å². The Hall–Kier alpha value is -5.96. The molecule has 1 fully saturated rings. The summed E-state index contributed by atoms with van der Waals surface area (Å²) < 4.78 is 38.8. The molecule has 1 aliphatic carbocycles. The smallest absolute Gasteiger partial charge is 0.407 e. The van der Waals surface area contributed by atoms with Gasteiger partial charge in [-0.1, -0.05) is 60.7 Å². The van der Waals surface area contributed by atoms with Crippen LogP contribution in [0, 0.1) is 0 Å². The first-order valence-corrected chi connectivity index (χ1v) is 16.7. The van der Waals surface area contributed by atoms with Crippen molar-refractivity contribution in [1.29, 1.82) is 0 Å². The summed E-state index contributed by atoms with van der Waals surface area (Å²) >= 11 is 0. The lowest BCUT2D eigenvalue weighted by atomic mass is 9.98. The SMILES string of the molecule is CC(=O)OC[C@H]1O[C@@H](Oc2ccc(C[C@H](NC(=O)OCC3c4ccccc4-c4ccccc43)C(=O)O)cc2)[C@@H](OC(C)=O)[C@@H](OC(C)=O)[C@@H]1OC(C)=O. The molecule has 3 aromatic carbocycles. The fraction of sp³-hybridized carbons (Fsp3) is 0.368. The largest absolute Gasteiger partial charge is 0.480 e. The lowest BCUT2D eigenvalue weighted by molar-refractivity contribution is -0.288. The first kappa shape index (κ1) is 38.3. The number of aliphatic carboxylic acids is 1. The summed E-state index contributed by atoms with van der Waals surface area (Å²) in [4.78, 5) is 72.8. The number of nitrogens with one attached hydrogen (secondary N) is 1. The molecule has 0 aromatic heterocycles. The molecule has 1 heterocycles. The van der Waals surface area contributed by atoms with Crippen molar-refractivity contribution in [2.75, 3.05) is 13.2 Å². The van der Waals surface area contributed by atoms with E-state index in [0.717, 1.165) is 49.9 Å². The van der Waals surface area contributed by atoms with Crippen LogP contribution in [-0.4, -0.2) is 91.0 Å². The Morgan fingerprint density at radius 3 is 1.77 bits per heavy atom. The minimum Gasteiger partial charge on any atom is -0.480 e. The zero-order valence-corrected chi connectivity index (χ0v) is 29.3. The first-order chi connectivity index (χ1) is 25.3. The van der Waals surface area contributed by atoms with Crippen LogP contribution in [-0.2, 0) is 58.8 Å². The molecule has 0 saturated carbocycles. The third-order valence-electron chi connectivity index (χ3n) is 8.50. The molecule has 0 unspecified atom stereocenters. The maximum atomic E-state index is 12.8. The molecule has 280 valence electrons. The molecule has 53 heavy (non-hydrogen) atoms. The van der Waals surface area contributed by atoms with E-state index in [9.17, 15) is 33.9 Å². The zero-order chi connectivity index (χ0) is 38.2. The molecule has 2 aliphatic rings. The number of alkyl carbamates (subject to hydrolysis) is 1. The van der Waals surface area contributed by atoms with Crippen LogP contribution in [0.3, 0.4) is 0 Å². The van der Waals surface area contributed by atoms with Crippen molar-refractivity contribution in [3.63, 3.8) is 0 Å². The van der Waals surface area contributed by atoms with E-state index in [-0.39, 0.29) is 24.7 Å².